The van der Waals surface area contributed by atoms with Crippen LogP contribution in [0.1, 0.15) is 0 Å². The predicted octanol–water partition coefficient (Wildman–Crippen LogP) is 3.21. The molecule has 30 heavy (non-hydrogen) atoms. The summed E-state index contributed by atoms with van der Waals surface area (Å²) in [5.41, 5.74) is 3.80. The van der Waals surface area contributed by atoms with Crippen molar-refractivity contribution in [2.45, 2.75) is 0 Å². The summed E-state index contributed by atoms with van der Waals surface area (Å²) in [6, 6.07) is 41.4. The Labute approximate surface area is 197 Å². The molecule has 5 aromatic rings. The normalized spacial score (nSPS) is 10.9. The van der Waals surface area contributed by atoms with Crippen molar-refractivity contribution < 1.29 is 0 Å². The van der Waals surface area contributed by atoms with Gasteiger partial charge in [0.05, 0.1) is 0 Å². The molecule has 1 aromatic heterocycles. The molecule has 0 spiro atoms. The summed E-state index contributed by atoms with van der Waals surface area (Å²) in [7, 11) is 0. The van der Waals surface area contributed by atoms with Gasteiger partial charge in [-0.1, -0.05) is 0 Å². The van der Waals surface area contributed by atoms with Crippen LogP contribution in [-0.4, -0.2) is 46.8 Å². The predicted molar refractivity (Wildman–Crippen MR) is 130 cm³/mol. The second-order valence-electron chi connectivity index (χ2n) is 6.83. The molecular weight excluding hydrogens is 594 g/mol. The maximum atomic E-state index is 5.23. The zero-order chi connectivity index (χ0) is 20.2. The number of aromatic nitrogens is 1. The van der Waals surface area contributed by atoms with Crippen molar-refractivity contribution in [1.82, 2.24) is 4.98 Å². The summed E-state index contributed by atoms with van der Waals surface area (Å²) in [5, 5.41) is 1.31. The van der Waals surface area contributed by atoms with Gasteiger partial charge >= 0.3 is 199 Å². The third kappa shape index (κ3) is 4.32. The van der Waals surface area contributed by atoms with Crippen LogP contribution < -0.4 is 14.6 Å². The van der Waals surface area contributed by atoms with E-state index in [1.807, 2.05) is 0 Å². The SMILES string of the molecule is c1ccc([Te]c2nc3ccccc3c([Te]c3ccccc3)c2-c2ccccc2)cc1. The van der Waals surface area contributed by atoms with Crippen molar-refractivity contribution in [3.63, 3.8) is 0 Å². The standard InChI is InChI=1S/C27H19NTe2/c1-4-12-20(13-5-1)25-26(29-21-14-6-2-7-15-21)23-18-10-11-19-24(23)28-27(25)30-22-16-8-3-9-17-22/h1-19H. The van der Waals surface area contributed by atoms with E-state index >= 15 is 0 Å². The fourth-order valence-corrected chi connectivity index (χ4v) is 10.1. The van der Waals surface area contributed by atoms with Crippen LogP contribution in [0, 0.1) is 0 Å². The first kappa shape index (κ1) is 19.8. The molecule has 0 unspecified atom stereocenters. The van der Waals surface area contributed by atoms with Gasteiger partial charge in [-0.15, -0.1) is 0 Å². The van der Waals surface area contributed by atoms with E-state index in [1.54, 1.807) is 0 Å². The minimum absolute atomic E-state index is 0.558. The molecule has 3 heteroatoms. The van der Waals surface area contributed by atoms with E-state index in [0.29, 0.717) is 0 Å². The Hall–Kier alpha value is -2.13. The quantitative estimate of drug-likeness (QED) is 0.278. The van der Waals surface area contributed by atoms with Crippen molar-refractivity contribution in [2.24, 2.45) is 0 Å². The van der Waals surface area contributed by atoms with Crippen LogP contribution in [0.4, 0.5) is 0 Å². The summed E-state index contributed by atoms with van der Waals surface area (Å²) in [6.07, 6.45) is 0. The number of para-hydroxylation sites is 1. The van der Waals surface area contributed by atoms with Gasteiger partial charge in [0.25, 0.3) is 0 Å². The van der Waals surface area contributed by atoms with Crippen LogP contribution in [0.15, 0.2) is 115 Å². The van der Waals surface area contributed by atoms with E-state index < -0.39 is 41.8 Å². The zero-order valence-electron chi connectivity index (χ0n) is 16.2. The first-order chi connectivity index (χ1) is 14.9. The Kier molecular flexibility index (Phi) is 6.17. The summed E-state index contributed by atoms with van der Waals surface area (Å²) in [4.78, 5) is 5.23. The molecule has 1 nitrogen and oxygen atoms in total. The minimum atomic E-state index is -0.598. The van der Waals surface area contributed by atoms with Crippen LogP contribution in [0.3, 0.4) is 0 Å². The van der Waals surface area contributed by atoms with Gasteiger partial charge in [0.1, 0.15) is 0 Å². The van der Waals surface area contributed by atoms with Gasteiger partial charge in [-0.2, -0.15) is 0 Å². The number of hydrogen-bond acceptors (Lipinski definition) is 1. The van der Waals surface area contributed by atoms with Gasteiger partial charge in [0, 0.05) is 0 Å². The van der Waals surface area contributed by atoms with E-state index in [-0.39, 0.29) is 0 Å². The van der Waals surface area contributed by atoms with Gasteiger partial charge in [0.15, 0.2) is 0 Å². The van der Waals surface area contributed by atoms with E-state index in [0.717, 1.165) is 5.52 Å². The Morgan fingerprint density at radius 1 is 0.500 bits per heavy atom. The Morgan fingerprint density at radius 3 is 1.70 bits per heavy atom. The van der Waals surface area contributed by atoms with Crippen LogP contribution in [0.5, 0.6) is 0 Å². The molecule has 0 fully saturated rings. The first-order valence-corrected chi connectivity index (χ1v) is 14.5. The van der Waals surface area contributed by atoms with E-state index in [2.05, 4.69) is 115 Å². The monoisotopic (exact) mass is 617 g/mol. The summed E-state index contributed by atoms with van der Waals surface area (Å²) in [5.74, 6) is 0. The second kappa shape index (κ2) is 9.34. The number of fused-ring (bicyclic) bond motifs is 1. The average molecular weight is 613 g/mol. The van der Waals surface area contributed by atoms with Gasteiger partial charge in [-0.25, -0.2) is 0 Å². The molecule has 0 bridgehead atoms. The molecule has 0 radical (unpaired) electrons. The van der Waals surface area contributed by atoms with Crippen molar-refractivity contribution in [3.05, 3.63) is 115 Å². The van der Waals surface area contributed by atoms with Crippen molar-refractivity contribution in [3.8, 4) is 11.1 Å². The van der Waals surface area contributed by atoms with Crippen LogP contribution in [0.2, 0.25) is 0 Å². The van der Waals surface area contributed by atoms with Gasteiger partial charge in [0.2, 0.25) is 0 Å². The van der Waals surface area contributed by atoms with Crippen LogP contribution in [0.25, 0.3) is 22.0 Å². The topological polar surface area (TPSA) is 12.9 Å². The summed E-state index contributed by atoms with van der Waals surface area (Å²) >= 11 is -1.16. The third-order valence-corrected chi connectivity index (χ3v) is 10.9. The number of pyridine rings is 1. The number of nitrogens with zero attached hydrogens (tertiary/aromatic N) is 1. The van der Waals surface area contributed by atoms with Crippen LogP contribution >= 0.6 is 0 Å². The molecule has 0 amide bonds. The van der Waals surface area contributed by atoms with Crippen LogP contribution in [-0.2, 0) is 0 Å². The maximum absolute atomic E-state index is 5.23. The summed E-state index contributed by atoms with van der Waals surface area (Å²) in [6.45, 7) is 0. The Bertz CT molecular complexity index is 1270. The molecule has 0 atom stereocenters. The van der Waals surface area contributed by atoms with E-state index in [4.69, 9.17) is 4.98 Å². The fourth-order valence-electron chi connectivity index (χ4n) is 3.41. The van der Waals surface area contributed by atoms with Crippen molar-refractivity contribution in [2.75, 3.05) is 0 Å². The Morgan fingerprint density at radius 2 is 1.03 bits per heavy atom. The molecule has 0 saturated carbocycles. The van der Waals surface area contributed by atoms with Crippen molar-refractivity contribution in [1.29, 1.82) is 0 Å². The van der Waals surface area contributed by atoms with Gasteiger partial charge in [-0.05, 0) is 0 Å². The molecule has 0 aliphatic heterocycles. The average Bonchev–Trinajstić information content (AvgIpc) is 2.81. The fraction of sp³-hybridized carbons (Fsp3) is 0. The van der Waals surface area contributed by atoms with E-state index in [9.17, 15) is 0 Å². The van der Waals surface area contributed by atoms with Crippen molar-refractivity contribution >= 4 is 67.3 Å². The Balaban J connectivity index is 1.77. The van der Waals surface area contributed by atoms with E-state index in [1.165, 1.54) is 31.1 Å². The molecular formula is C27H19NTe2. The number of benzene rings is 4. The molecule has 5 rings (SSSR count). The molecule has 0 aliphatic carbocycles. The first-order valence-electron chi connectivity index (χ1n) is 9.82. The number of hydrogen-bond donors (Lipinski definition) is 0. The molecule has 4 aromatic carbocycles. The molecule has 0 aliphatic rings. The van der Waals surface area contributed by atoms with Gasteiger partial charge in [-0.3, -0.25) is 0 Å². The molecule has 144 valence electrons. The third-order valence-electron chi connectivity index (χ3n) is 4.79. The molecule has 0 N–H and O–H groups in total. The summed E-state index contributed by atoms with van der Waals surface area (Å²) < 4.78 is 5.70. The molecule has 0 saturated heterocycles. The number of rotatable bonds is 5. The zero-order valence-corrected chi connectivity index (χ0v) is 20.9. The van der Waals surface area contributed by atoms with Gasteiger partial charge < -0.3 is 0 Å². The second-order valence-corrected chi connectivity index (χ2v) is 13.0. The molecule has 1 heterocycles.